The second-order valence-electron chi connectivity index (χ2n) is 7.05. The Morgan fingerprint density at radius 3 is 2.19 bits per heavy atom. The van der Waals surface area contributed by atoms with Crippen LogP contribution in [0.1, 0.15) is 22.7 Å². The monoisotopic (exact) mass is 475 g/mol. The quantitative estimate of drug-likeness (QED) is 0.653. The third-order valence-corrected chi connectivity index (χ3v) is 6.04. The molecule has 32 heavy (non-hydrogen) atoms. The summed E-state index contributed by atoms with van der Waals surface area (Å²) in [7, 11) is -1.21. The molecule has 1 aliphatic rings. The number of nitrogens with zero attached hydrogens (tertiary/aromatic N) is 1. The molecule has 0 bridgehead atoms. The maximum atomic E-state index is 13.3. The van der Waals surface area contributed by atoms with Gasteiger partial charge >= 0.3 is 12.4 Å². The molecule has 3 rings (SSSR count). The lowest BCUT2D eigenvalue weighted by Crippen LogP contribution is -2.52. The summed E-state index contributed by atoms with van der Waals surface area (Å²) in [6.07, 6.45) is -10.3. The van der Waals surface area contributed by atoms with Crippen LogP contribution in [0.15, 0.2) is 47.4 Å². The Morgan fingerprint density at radius 1 is 1.09 bits per heavy atom. The Bertz CT molecular complexity index is 1090. The van der Waals surface area contributed by atoms with Crippen molar-refractivity contribution in [2.45, 2.75) is 35.2 Å². The predicted octanol–water partition coefficient (Wildman–Crippen LogP) is 4.09. The van der Waals surface area contributed by atoms with E-state index < -0.39 is 46.1 Å². The van der Waals surface area contributed by atoms with Gasteiger partial charge in [-0.25, -0.2) is 0 Å². The van der Waals surface area contributed by atoms with Crippen LogP contribution >= 0.6 is 0 Å². The highest BCUT2D eigenvalue weighted by atomic mass is 32.2. The molecule has 1 heterocycles. The van der Waals surface area contributed by atoms with Crippen molar-refractivity contribution < 1.29 is 35.3 Å². The number of rotatable bonds is 4. The van der Waals surface area contributed by atoms with E-state index in [1.807, 2.05) is 0 Å². The molecule has 2 aromatic carbocycles. The van der Waals surface area contributed by atoms with E-state index >= 15 is 0 Å². The summed E-state index contributed by atoms with van der Waals surface area (Å²) >= 11 is 0. The van der Waals surface area contributed by atoms with Crippen molar-refractivity contribution in [3.05, 3.63) is 59.2 Å². The van der Waals surface area contributed by atoms with Crippen LogP contribution in [0, 0.1) is 11.3 Å². The Kier molecular flexibility index (Phi) is 6.10. The number of nitriles is 1. The van der Waals surface area contributed by atoms with Crippen LogP contribution in [-0.4, -0.2) is 28.7 Å². The molecule has 0 spiro atoms. The molecule has 170 valence electrons. The third-order valence-electron chi connectivity index (χ3n) is 5.12. The number of benzene rings is 2. The molecule has 12 heteroatoms. The van der Waals surface area contributed by atoms with Crippen molar-refractivity contribution in [2.75, 3.05) is 11.6 Å². The van der Waals surface area contributed by atoms with Gasteiger partial charge in [0, 0.05) is 34.2 Å². The zero-order valence-corrected chi connectivity index (χ0v) is 17.1. The van der Waals surface area contributed by atoms with Crippen molar-refractivity contribution in [2.24, 2.45) is 0 Å². The number of hydrogen-bond acceptors (Lipinski definition) is 4. The van der Waals surface area contributed by atoms with Crippen LogP contribution in [-0.2, 0) is 27.6 Å². The molecule has 0 fully saturated rings. The summed E-state index contributed by atoms with van der Waals surface area (Å²) in [5, 5.41) is 14.2. The van der Waals surface area contributed by atoms with Crippen LogP contribution in [0.5, 0.6) is 0 Å². The van der Waals surface area contributed by atoms with Gasteiger partial charge in [0.15, 0.2) is 0 Å². The minimum Gasteiger partial charge on any atom is -0.324 e. The van der Waals surface area contributed by atoms with E-state index in [1.54, 1.807) is 18.2 Å². The van der Waals surface area contributed by atoms with Gasteiger partial charge in [-0.3, -0.25) is 14.3 Å². The van der Waals surface area contributed by atoms with Crippen LogP contribution in [0.4, 0.5) is 32.0 Å². The highest BCUT2D eigenvalue weighted by molar-refractivity contribution is 7.84. The highest BCUT2D eigenvalue weighted by Gasteiger charge is 2.72. The van der Waals surface area contributed by atoms with Crippen molar-refractivity contribution >= 4 is 22.4 Å². The lowest BCUT2D eigenvalue weighted by Gasteiger charge is -2.31. The van der Waals surface area contributed by atoms with Crippen molar-refractivity contribution in [1.82, 2.24) is 5.32 Å². The molecule has 2 N–H and O–H groups in total. The standard InChI is InChI=1S/C20H15F6N3O2S/c1-32(31)14-6-7-15-11(8-14)9-28-16(15)17(30)29-13-4-2-12(3-5-13)18(10-27,19(21,22)23)20(24,25)26/h2-8,16,28H,9H2,1H3,(H,29,30). The summed E-state index contributed by atoms with van der Waals surface area (Å²) in [6, 6.07) is 7.25. The van der Waals surface area contributed by atoms with Crippen molar-refractivity contribution in [1.29, 1.82) is 5.26 Å². The zero-order valence-electron chi connectivity index (χ0n) is 16.3. The number of carbonyl (C=O) groups is 1. The Morgan fingerprint density at radius 2 is 1.69 bits per heavy atom. The second-order valence-corrected chi connectivity index (χ2v) is 8.43. The maximum Gasteiger partial charge on any atom is 0.420 e. The van der Waals surface area contributed by atoms with Gasteiger partial charge in [-0.1, -0.05) is 18.2 Å². The average Bonchev–Trinajstić information content (AvgIpc) is 3.11. The van der Waals surface area contributed by atoms with Crippen LogP contribution in [0.25, 0.3) is 0 Å². The summed E-state index contributed by atoms with van der Waals surface area (Å²) in [5.41, 5.74) is -4.67. The first kappa shape index (κ1) is 23.7. The van der Waals surface area contributed by atoms with Gasteiger partial charge in [-0.05, 0) is 41.0 Å². The molecule has 1 aliphatic heterocycles. The van der Waals surface area contributed by atoms with E-state index in [0.29, 0.717) is 35.2 Å². The smallest absolute Gasteiger partial charge is 0.324 e. The molecule has 2 atom stereocenters. The fourth-order valence-corrected chi connectivity index (χ4v) is 4.02. The van der Waals surface area contributed by atoms with E-state index in [9.17, 15) is 35.3 Å². The molecule has 2 unspecified atom stereocenters. The van der Waals surface area contributed by atoms with E-state index in [0.717, 1.165) is 17.7 Å². The molecule has 2 aromatic rings. The summed E-state index contributed by atoms with van der Waals surface area (Å²) < 4.78 is 91.1. The van der Waals surface area contributed by atoms with E-state index in [1.165, 1.54) is 6.26 Å². The molecule has 0 aromatic heterocycles. The van der Waals surface area contributed by atoms with Gasteiger partial charge in [0.05, 0.1) is 6.07 Å². The van der Waals surface area contributed by atoms with Crippen molar-refractivity contribution in [3.63, 3.8) is 0 Å². The van der Waals surface area contributed by atoms with Crippen LogP contribution in [0.2, 0.25) is 0 Å². The van der Waals surface area contributed by atoms with E-state index in [-0.39, 0.29) is 5.69 Å². The molecule has 0 aliphatic carbocycles. The van der Waals surface area contributed by atoms with E-state index in [4.69, 9.17) is 5.26 Å². The zero-order chi connectivity index (χ0) is 23.9. The summed E-state index contributed by atoms with van der Waals surface area (Å²) in [4.78, 5) is 13.2. The normalized spacial score (nSPS) is 17.4. The van der Waals surface area contributed by atoms with Crippen molar-refractivity contribution in [3.8, 4) is 6.07 Å². The second kappa shape index (κ2) is 8.22. The lowest BCUT2D eigenvalue weighted by atomic mass is 9.80. The molecule has 0 radical (unpaired) electrons. The largest absolute Gasteiger partial charge is 0.420 e. The SMILES string of the molecule is CS(=O)c1ccc2c(c1)CNC2C(=O)Nc1ccc(C(C#N)(C(F)(F)F)C(F)(F)F)cc1. The Balaban J connectivity index is 1.84. The number of hydrogen-bond donors (Lipinski definition) is 2. The fourth-order valence-electron chi connectivity index (χ4n) is 3.45. The average molecular weight is 475 g/mol. The predicted molar refractivity (Wildman–Crippen MR) is 103 cm³/mol. The van der Waals surface area contributed by atoms with Gasteiger partial charge in [0.25, 0.3) is 5.41 Å². The topological polar surface area (TPSA) is 82.0 Å². The number of nitrogens with one attached hydrogen (secondary N) is 2. The third kappa shape index (κ3) is 3.98. The molecular formula is C20H15F6N3O2S. The maximum absolute atomic E-state index is 13.3. The van der Waals surface area contributed by atoms with Crippen LogP contribution in [0.3, 0.4) is 0 Å². The Labute approximate surface area is 180 Å². The summed E-state index contributed by atoms with van der Waals surface area (Å²) in [6.45, 7) is 0.319. The summed E-state index contributed by atoms with van der Waals surface area (Å²) in [5.74, 6) is -0.583. The molecular weight excluding hydrogens is 460 g/mol. The van der Waals surface area contributed by atoms with Gasteiger partial charge in [0.1, 0.15) is 6.04 Å². The van der Waals surface area contributed by atoms with Gasteiger partial charge in [-0.2, -0.15) is 31.6 Å². The number of halogens is 6. The number of anilines is 1. The fraction of sp³-hybridized carbons (Fsp3) is 0.300. The minimum absolute atomic E-state index is 0.0449. The molecule has 0 saturated heterocycles. The first-order chi connectivity index (χ1) is 14.8. The lowest BCUT2D eigenvalue weighted by molar-refractivity contribution is -0.283. The first-order valence-corrected chi connectivity index (χ1v) is 10.5. The number of carbonyl (C=O) groups excluding carboxylic acids is 1. The van der Waals surface area contributed by atoms with E-state index in [2.05, 4.69) is 10.6 Å². The number of alkyl halides is 6. The highest BCUT2D eigenvalue weighted by Crippen LogP contribution is 2.51. The van der Waals surface area contributed by atoms with Crippen LogP contribution < -0.4 is 10.6 Å². The van der Waals surface area contributed by atoms with Gasteiger partial charge in [-0.15, -0.1) is 0 Å². The van der Waals surface area contributed by atoms with Gasteiger partial charge < -0.3 is 5.32 Å². The van der Waals surface area contributed by atoms with Gasteiger partial charge in [0.2, 0.25) is 5.91 Å². The Hall–Kier alpha value is -2.91. The minimum atomic E-state index is -5.90. The number of amides is 1. The number of fused-ring (bicyclic) bond motifs is 1. The molecule has 5 nitrogen and oxygen atoms in total. The molecule has 0 saturated carbocycles. The first-order valence-electron chi connectivity index (χ1n) is 8.97. The molecule has 1 amide bonds.